The summed E-state index contributed by atoms with van der Waals surface area (Å²) in [5.41, 5.74) is 5.12. The van der Waals surface area contributed by atoms with Crippen molar-refractivity contribution in [1.82, 2.24) is 4.57 Å². The molecule has 0 atom stereocenters. The van der Waals surface area contributed by atoms with Crippen molar-refractivity contribution in [2.75, 3.05) is 18.0 Å². The summed E-state index contributed by atoms with van der Waals surface area (Å²) in [5, 5.41) is 18.8. The van der Waals surface area contributed by atoms with Gasteiger partial charge in [-0.2, -0.15) is 0 Å². The van der Waals surface area contributed by atoms with Crippen molar-refractivity contribution < 1.29 is 15.0 Å². The van der Waals surface area contributed by atoms with Crippen LogP contribution in [0.15, 0.2) is 34.8 Å². The Morgan fingerprint density at radius 1 is 1.22 bits per heavy atom. The van der Waals surface area contributed by atoms with Gasteiger partial charge >= 0.3 is 10.8 Å². The van der Waals surface area contributed by atoms with Gasteiger partial charge in [0.2, 0.25) is 5.88 Å². The molecule has 0 aliphatic rings. The number of aliphatic carboxylic acids is 1. The molecule has 0 amide bonds. The third-order valence-electron chi connectivity index (χ3n) is 4.15. The van der Waals surface area contributed by atoms with Gasteiger partial charge in [0, 0.05) is 37.8 Å². The van der Waals surface area contributed by atoms with Crippen LogP contribution < -0.4 is 9.77 Å². The van der Waals surface area contributed by atoms with Gasteiger partial charge in [-0.25, -0.2) is 0 Å². The Kier molecular flexibility index (Phi) is 7.46. The van der Waals surface area contributed by atoms with Crippen LogP contribution in [0.3, 0.4) is 0 Å². The molecule has 0 radical (unpaired) electrons. The Labute approximate surface area is 162 Å². The molecule has 1 aromatic heterocycles. The predicted octanol–water partition coefficient (Wildman–Crippen LogP) is 3.65. The summed E-state index contributed by atoms with van der Waals surface area (Å²) >= 11 is 0.913. The molecule has 2 N–H and O–H groups in total. The molecule has 1 heterocycles. The number of anilines is 1. The summed E-state index contributed by atoms with van der Waals surface area (Å²) in [6, 6.07) is 8.09. The second-order valence-corrected chi connectivity index (χ2v) is 6.92. The second-order valence-electron chi connectivity index (χ2n) is 5.92. The Morgan fingerprint density at radius 3 is 2.48 bits per heavy atom. The number of hydrogen-bond donors (Lipinski definition) is 2. The van der Waals surface area contributed by atoms with E-state index in [0.717, 1.165) is 35.7 Å². The molecule has 144 valence electrons. The highest BCUT2D eigenvalue weighted by atomic mass is 32.1. The van der Waals surface area contributed by atoms with Gasteiger partial charge < -0.3 is 15.1 Å². The van der Waals surface area contributed by atoms with Crippen LogP contribution in [0.4, 0.5) is 5.69 Å². The molecule has 0 fully saturated rings. The average molecular weight is 388 g/mol. The largest absolute Gasteiger partial charge is 0.493 e. The summed E-state index contributed by atoms with van der Waals surface area (Å²) in [6.45, 7) is 6.32. The fourth-order valence-electron chi connectivity index (χ4n) is 2.68. The molecular formula is C20H24N2O4S. The van der Waals surface area contributed by atoms with Gasteiger partial charge in [0.25, 0.3) is 0 Å². The Hall–Kier alpha value is -2.76. The molecular weight excluding hydrogens is 364 g/mol. The molecule has 0 spiro atoms. The van der Waals surface area contributed by atoms with Gasteiger partial charge in [-0.3, -0.25) is 14.2 Å². The number of nitrogens with zero attached hydrogens (tertiary/aromatic N) is 2. The van der Waals surface area contributed by atoms with E-state index < -0.39 is 5.97 Å². The van der Waals surface area contributed by atoms with Crippen molar-refractivity contribution in [3.63, 3.8) is 0 Å². The van der Waals surface area contributed by atoms with Crippen molar-refractivity contribution in [3.05, 3.63) is 50.1 Å². The van der Waals surface area contributed by atoms with E-state index in [0.29, 0.717) is 4.88 Å². The summed E-state index contributed by atoms with van der Waals surface area (Å²) in [4.78, 5) is 24.9. The van der Waals surface area contributed by atoms with E-state index in [9.17, 15) is 14.7 Å². The van der Waals surface area contributed by atoms with Gasteiger partial charge in [0.05, 0.1) is 0 Å². The lowest BCUT2D eigenvalue weighted by atomic mass is 10.2. The highest BCUT2D eigenvalue weighted by Gasteiger charge is 2.11. The third kappa shape index (κ3) is 5.61. The van der Waals surface area contributed by atoms with Gasteiger partial charge in [-0.05, 0) is 44.0 Å². The van der Waals surface area contributed by atoms with Crippen molar-refractivity contribution in [2.24, 2.45) is 0 Å². The van der Waals surface area contributed by atoms with Crippen LogP contribution in [-0.2, 0) is 11.3 Å². The fourth-order valence-corrected chi connectivity index (χ4v) is 3.48. The molecule has 2 rings (SSSR count). The van der Waals surface area contributed by atoms with Crippen LogP contribution in [0.25, 0.3) is 12.2 Å². The quantitative estimate of drug-likeness (QED) is 0.641. The van der Waals surface area contributed by atoms with E-state index >= 15 is 0 Å². The molecule has 27 heavy (non-hydrogen) atoms. The van der Waals surface area contributed by atoms with Gasteiger partial charge in [0.1, 0.15) is 4.88 Å². The van der Waals surface area contributed by atoms with E-state index in [1.54, 1.807) is 12.2 Å². The first kappa shape index (κ1) is 20.6. The minimum Gasteiger partial charge on any atom is -0.493 e. The van der Waals surface area contributed by atoms with Crippen LogP contribution >= 0.6 is 11.3 Å². The molecule has 0 bridgehead atoms. The smallest absolute Gasteiger partial charge is 0.310 e. The molecule has 2 aromatic rings. The Bertz CT molecular complexity index is 886. The van der Waals surface area contributed by atoms with Gasteiger partial charge in [-0.1, -0.05) is 23.5 Å². The molecule has 0 aliphatic carbocycles. The van der Waals surface area contributed by atoms with Crippen molar-refractivity contribution in [2.45, 2.75) is 33.2 Å². The minimum atomic E-state index is -0.923. The first-order valence-corrected chi connectivity index (χ1v) is 9.69. The number of carbonyl (C=O) groups is 1. The lowest BCUT2D eigenvalue weighted by Crippen LogP contribution is -2.21. The highest BCUT2D eigenvalue weighted by molar-refractivity contribution is 7.10. The van der Waals surface area contributed by atoms with E-state index in [4.69, 9.17) is 5.11 Å². The Balaban J connectivity index is 2.11. The minimum absolute atomic E-state index is 0.0453. The van der Waals surface area contributed by atoms with Crippen molar-refractivity contribution in [1.29, 1.82) is 0 Å². The lowest BCUT2D eigenvalue weighted by molar-refractivity contribution is -0.137. The number of rotatable bonds is 9. The molecule has 0 saturated carbocycles. The predicted molar refractivity (Wildman–Crippen MR) is 110 cm³/mol. The molecule has 7 heteroatoms. The normalized spacial score (nSPS) is 10.3. The fraction of sp³-hybridized carbons (Fsp3) is 0.350. The summed E-state index contributed by atoms with van der Waals surface area (Å²) in [6.07, 6.45) is 3.59. The van der Waals surface area contributed by atoms with Crippen LogP contribution in [0.2, 0.25) is 0 Å². The van der Waals surface area contributed by atoms with Crippen LogP contribution in [0.1, 0.15) is 37.1 Å². The number of benzene rings is 1. The Morgan fingerprint density at radius 2 is 1.89 bits per heavy atom. The SMILES string of the molecule is CCN(CC)c1ccc(C=C=Cc2sc(=O)n(CCCC(=O)O)c2O)cc1. The number of carboxylic acid groups (broad SMARTS) is 1. The average Bonchev–Trinajstić information content (AvgIpc) is 2.91. The summed E-state index contributed by atoms with van der Waals surface area (Å²) in [7, 11) is 0. The van der Waals surface area contributed by atoms with Gasteiger partial charge in [-0.15, -0.1) is 5.73 Å². The number of aromatic hydroxyl groups is 1. The summed E-state index contributed by atoms with van der Waals surface area (Å²) in [5.74, 6) is -1.07. The molecule has 0 saturated heterocycles. The molecule has 1 aromatic carbocycles. The molecule has 6 nitrogen and oxygen atoms in total. The van der Waals surface area contributed by atoms with E-state index in [1.165, 1.54) is 4.57 Å². The van der Waals surface area contributed by atoms with Crippen LogP contribution in [0.5, 0.6) is 5.88 Å². The first-order valence-electron chi connectivity index (χ1n) is 8.88. The maximum absolute atomic E-state index is 11.9. The zero-order chi connectivity index (χ0) is 19.8. The molecule has 0 aliphatic heterocycles. The van der Waals surface area contributed by atoms with E-state index in [2.05, 4.69) is 36.6 Å². The third-order valence-corrected chi connectivity index (χ3v) is 5.07. The maximum atomic E-state index is 11.9. The zero-order valence-corrected chi connectivity index (χ0v) is 16.3. The van der Waals surface area contributed by atoms with E-state index in [1.807, 2.05) is 12.1 Å². The van der Waals surface area contributed by atoms with Gasteiger partial charge in [0.15, 0.2) is 0 Å². The number of thiazole rings is 1. The number of aromatic nitrogens is 1. The first-order chi connectivity index (χ1) is 13.0. The van der Waals surface area contributed by atoms with E-state index in [-0.39, 0.29) is 30.1 Å². The summed E-state index contributed by atoms with van der Waals surface area (Å²) < 4.78 is 1.19. The highest BCUT2D eigenvalue weighted by Crippen LogP contribution is 2.22. The lowest BCUT2D eigenvalue weighted by Gasteiger charge is -2.20. The molecule has 0 unspecified atom stereocenters. The number of hydrogen-bond acceptors (Lipinski definition) is 5. The zero-order valence-electron chi connectivity index (χ0n) is 15.5. The standard InChI is InChI=1S/C20H24N2O4S/c1-3-21(4-2)16-12-10-15(11-13-16)7-5-8-17-19(25)22(20(26)27-17)14-6-9-18(23)24/h7-8,10-13,25H,3-4,6,9,14H2,1-2H3,(H,23,24). The maximum Gasteiger partial charge on any atom is 0.310 e. The van der Waals surface area contributed by atoms with Crippen molar-refractivity contribution >= 4 is 35.1 Å². The number of carboxylic acids is 1. The topological polar surface area (TPSA) is 82.8 Å². The second kappa shape index (κ2) is 9.80. The van der Waals surface area contributed by atoms with Crippen molar-refractivity contribution in [3.8, 4) is 5.88 Å². The monoisotopic (exact) mass is 388 g/mol. The van der Waals surface area contributed by atoms with Crippen LogP contribution in [-0.4, -0.2) is 33.8 Å². The van der Waals surface area contributed by atoms with Crippen LogP contribution in [0, 0.1) is 0 Å².